The zero-order chi connectivity index (χ0) is 12.7. The molecular formula is C15H22O2. The molecule has 1 aromatic carbocycles. The van der Waals surface area contributed by atoms with Gasteiger partial charge in [-0.15, -0.1) is 0 Å². The van der Waals surface area contributed by atoms with Crippen molar-refractivity contribution in [2.75, 3.05) is 6.61 Å². The molecule has 0 unspecified atom stereocenters. The van der Waals surface area contributed by atoms with E-state index in [-0.39, 0.29) is 11.4 Å². The van der Waals surface area contributed by atoms with Crippen molar-refractivity contribution in [2.24, 2.45) is 5.41 Å². The molecule has 2 nitrogen and oxygen atoms in total. The number of carbonyl (C=O) groups is 1. The van der Waals surface area contributed by atoms with E-state index in [2.05, 4.69) is 26.0 Å². The average molecular weight is 234 g/mol. The standard InChI is InChI=1S/C15H22O2/c1-4-8-14(16)17-12-15(2,3)11-13-9-6-5-7-10-13/h5-7,9-10H,4,8,11-12H2,1-3H3. The van der Waals surface area contributed by atoms with Gasteiger partial charge in [-0.3, -0.25) is 4.79 Å². The van der Waals surface area contributed by atoms with Gasteiger partial charge in [-0.05, 0) is 18.4 Å². The first kappa shape index (κ1) is 13.8. The lowest BCUT2D eigenvalue weighted by Crippen LogP contribution is -2.24. The molecule has 17 heavy (non-hydrogen) atoms. The summed E-state index contributed by atoms with van der Waals surface area (Å²) >= 11 is 0. The van der Waals surface area contributed by atoms with Gasteiger partial charge < -0.3 is 4.74 Å². The Labute approximate surface area is 104 Å². The smallest absolute Gasteiger partial charge is 0.305 e. The number of esters is 1. The molecule has 0 N–H and O–H groups in total. The second-order valence-corrected chi connectivity index (χ2v) is 5.24. The molecule has 0 spiro atoms. The molecule has 0 aliphatic carbocycles. The maximum Gasteiger partial charge on any atom is 0.305 e. The first-order valence-electron chi connectivity index (χ1n) is 6.23. The van der Waals surface area contributed by atoms with E-state index in [1.54, 1.807) is 0 Å². The number of hydrogen-bond donors (Lipinski definition) is 0. The van der Waals surface area contributed by atoms with Crippen LogP contribution in [0.3, 0.4) is 0 Å². The average Bonchev–Trinajstić information content (AvgIpc) is 2.28. The zero-order valence-corrected chi connectivity index (χ0v) is 11.0. The van der Waals surface area contributed by atoms with Crippen LogP contribution in [0.25, 0.3) is 0 Å². The van der Waals surface area contributed by atoms with Gasteiger partial charge in [0.15, 0.2) is 0 Å². The van der Waals surface area contributed by atoms with Crippen LogP contribution in [0.5, 0.6) is 0 Å². The largest absolute Gasteiger partial charge is 0.465 e. The fourth-order valence-electron chi connectivity index (χ4n) is 1.75. The van der Waals surface area contributed by atoms with Crippen molar-refractivity contribution in [1.82, 2.24) is 0 Å². The third-order valence-corrected chi connectivity index (χ3v) is 2.60. The molecule has 0 bridgehead atoms. The molecule has 0 aromatic heterocycles. The Morgan fingerprint density at radius 3 is 2.47 bits per heavy atom. The number of rotatable bonds is 6. The molecule has 0 saturated carbocycles. The summed E-state index contributed by atoms with van der Waals surface area (Å²) < 4.78 is 5.28. The van der Waals surface area contributed by atoms with Gasteiger partial charge in [0.2, 0.25) is 0 Å². The molecule has 1 rings (SSSR count). The minimum absolute atomic E-state index is 0.00917. The molecule has 0 aliphatic heterocycles. The zero-order valence-electron chi connectivity index (χ0n) is 11.0. The van der Waals surface area contributed by atoms with Gasteiger partial charge in [0.25, 0.3) is 0 Å². The van der Waals surface area contributed by atoms with E-state index < -0.39 is 0 Å². The molecular weight excluding hydrogens is 212 g/mol. The summed E-state index contributed by atoms with van der Waals surface area (Å²) in [7, 11) is 0. The Balaban J connectivity index is 2.43. The Bertz CT molecular complexity index is 341. The van der Waals surface area contributed by atoms with Gasteiger partial charge in [0.1, 0.15) is 0 Å². The van der Waals surface area contributed by atoms with Gasteiger partial charge in [-0.2, -0.15) is 0 Å². The molecule has 2 heteroatoms. The highest BCUT2D eigenvalue weighted by atomic mass is 16.5. The van der Waals surface area contributed by atoms with Crippen LogP contribution in [-0.2, 0) is 16.0 Å². The normalized spacial score (nSPS) is 11.2. The summed E-state index contributed by atoms with van der Waals surface area (Å²) in [6.45, 7) is 6.72. The fraction of sp³-hybridized carbons (Fsp3) is 0.533. The SMILES string of the molecule is CCCC(=O)OCC(C)(C)Cc1ccccc1. The van der Waals surface area contributed by atoms with Crippen molar-refractivity contribution in [2.45, 2.75) is 40.0 Å². The van der Waals surface area contributed by atoms with Crippen molar-refractivity contribution in [3.63, 3.8) is 0 Å². The van der Waals surface area contributed by atoms with Gasteiger partial charge in [0, 0.05) is 11.8 Å². The van der Waals surface area contributed by atoms with Crippen molar-refractivity contribution >= 4 is 5.97 Å². The lowest BCUT2D eigenvalue weighted by Gasteiger charge is -2.24. The number of hydrogen-bond acceptors (Lipinski definition) is 2. The predicted octanol–water partition coefficient (Wildman–Crippen LogP) is 3.60. The topological polar surface area (TPSA) is 26.3 Å². The molecule has 0 aliphatic rings. The molecule has 94 valence electrons. The van der Waals surface area contributed by atoms with Crippen LogP contribution in [0.15, 0.2) is 30.3 Å². The van der Waals surface area contributed by atoms with Crippen LogP contribution in [0.2, 0.25) is 0 Å². The fourth-order valence-corrected chi connectivity index (χ4v) is 1.75. The number of carbonyl (C=O) groups excluding carboxylic acids is 1. The quantitative estimate of drug-likeness (QED) is 0.703. The molecule has 1 aromatic rings. The third kappa shape index (κ3) is 5.53. The second kappa shape index (κ2) is 6.43. The summed E-state index contributed by atoms with van der Waals surface area (Å²) in [5.74, 6) is -0.0892. The number of ether oxygens (including phenoxy) is 1. The maximum absolute atomic E-state index is 11.3. The van der Waals surface area contributed by atoms with Crippen molar-refractivity contribution in [3.05, 3.63) is 35.9 Å². The monoisotopic (exact) mass is 234 g/mol. The lowest BCUT2D eigenvalue weighted by molar-refractivity contribution is -0.146. The van der Waals surface area contributed by atoms with Gasteiger partial charge in [-0.1, -0.05) is 51.1 Å². The molecule has 0 saturated heterocycles. The van der Waals surface area contributed by atoms with Crippen molar-refractivity contribution in [3.8, 4) is 0 Å². The van der Waals surface area contributed by atoms with E-state index in [1.807, 2.05) is 25.1 Å². The van der Waals surface area contributed by atoms with Crippen LogP contribution < -0.4 is 0 Å². The highest BCUT2D eigenvalue weighted by Gasteiger charge is 2.20. The van der Waals surface area contributed by atoms with E-state index in [9.17, 15) is 4.79 Å². The Kier molecular flexibility index (Phi) is 5.20. The summed E-state index contributed by atoms with van der Waals surface area (Å²) in [6.07, 6.45) is 2.28. The second-order valence-electron chi connectivity index (χ2n) is 5.24. The van der Waals surface area contributed by atoms with Gasteiger partial charge >= 0.3 is 5.97 Å². The maximum atomic E-state index is 11.3. The number of benzene rings is 1. The van der Waals surface area contributed by atoms with Crippen LogP contribution in [-0.4, -0.2) is 12.6 Å². The van der Waals surface area contributed by atoms with Crippen LogP contribution >= 0.6 is 0 Å². The first-order chi connectivity index (χ1) is 8.03. The predicted molar refractivity (Wildman–Crippen MR) is 69.8 cm³/mol. The molecule has 0 atom stereocenters. The van der Waals surface area contributed by atoms with E-state index in [1.165, 1.54) is 5.56 Å². The van der Waals surface area contributed by atoms with Crippen molar-refractivity contribution in [1.29, 1.82) is 0 Å². The van der Waals surface area contributed by atoms with E-state index >= 15 is 0 Å². The highest BCUT2D eigenvalue weighted by Crippen LogP contribution is 2.22. The van der Waals surface area contributed by atoms with Gasteiger partial charge in [0.05, 0.1) is 6.61 Å². The van der Waals surface area contributed by atoms with E-state index in [4.69, 9.17) is 4.74 Å². The van der Waals surface area contributed by atoms with Crippen LogP contribution in [0.4, 0.5) is 0 Å². The Morgan fingerprint density at radius 2 is 1.88 bits per heavy atom. The molecule has 0 amide bonds. The van der Waals surface area contributed by atoms with Crippen LogP contribution in [0.1, 0.15) is 39.2 Å². The third-order valence-electron chi connectivity index (χ3n) is 2.60. The minimum Gasteiger partial charge on any atom is -0.465 e. The van der Waals surface area contributed by atoms with E-state index in [0.29, 0.717) is 13.0 Å². The van der Waals surface area contributed by atoms with Crippen LogP contribution in [0, 0.1) is 5.41 Å². The van der Waals surface area contributed by atoms with Crippen molar-refractivity contribution < 1.29 is 9.53 Å². The highest BCUT2D eigenvalue weighted by molar-refractivity contribution is 5.69. The summed E-state index contributed by atoms with van der Waals surface area (Å²) in [6, 6.07) is 10.3. The molecule has 0 heterocycles. The summed E-state index contributed by atoms with van der Waals surface area (Å²) in [4.78, 5) is 11.3. The Hall–Kier alpha value is -1.31. The summed E-state index contributed by atoms with van der Waals surface area (Å²) in [5, 5.41) is 0. The molecule has 0 radical (unpaired) electrons. The van der Waals surface area contributed by atoms with E-state index in [0.717, 1.165) is 12.8 Å². The lowest BCUT2D eigenvalue weighted by atomic mass is 9.87. The minimum atomic E-state index is -0.0892. The Morgan fingerprint density at radius 1 is 1.24 bits per heavy atom. The summed E-state index contributed by atoms with van der Waals surface area (Å²) in [5.41, 5.74) is 1.27. The molecule has 0 fully saturated rings. The first-order valence-corrected chi connectivity index (χ1v) is 6.23. The van der Waals surface area contributed by atoms with Gasteiger partial charge in [-0.25, -0.2) is 0 Å².